The maximum absolute atomic E-state index is 11.4. The molecule has 0 spiro atoms. The molecule has 0 bridgehead atoms. The number of aromatic nitrogens is 2. The molecule has 0 amide bonds. The number of carbonyl (C=O) groups excluding carboxylic acids is 1. The molecule has 0 atom stereocenters. The van der Waals surface area contributed by atoms with Crippen LogP contribution in [0.4, 0.5) is 11.5 Å². The number of nitrogens with zero attached hydrogens (tertiary/aromatic N) is 3. The molecule has 1 heterocycles. The molecule has 0 aliphatic rings. The third kappa shape index (κ3) is 3.21. The minimum Gasteiger partial charge on any atom is -0.465 e. The summed E-state index contributed by atoms with van der Waals surface area (Å²) in [5.74, 6) is -0.671. The summed E-state index contributed by atoms with van der Waals surface area (Å²) in [4.78, 5) is 21.9. The highest BCUT2D eigenvalue weighted by molar-refractivity contribution is 5.71. The maximum Gasteiger partial charge on any atom is 0.334 e. The summed E-state index contributed by atoms with van der Waals surface area (Å²) < 4.78 is 5.88. The number of nitrogen functional groups attached to an aromatic ring is 1. The zero-order valence-corrected chi connectivity index (χ0v) is 11.5. The Morgan fingerprint density at radius 3 is 2.47 bits per heavy atom. The molecule has 0 unspecified atom stereocenters. The number of nitro groups is 1. The van der Waals surface area contributed by atoms with Gasteiger partial charge in [-0.05, 0) is 6.92 Å². The molecule has 1 aromatic heterocycles. The van der Waals surface area contributed by atoms with Gasteiger partial charge in [0.25, 0.3) is 0 Å². The highest BCUT2D eigenvalue weighted by atomic mass is 16.6. The van der Waals surface area contributed by atoms with Crippen molar-refractivity contribution in [2.45, 2.75) is 39.7 Å². The van der Waals surface area contributed by atoms with E-state index >= 15 is 0 Å². The Balaban J connectivity index is 3.22. The van der Waals surface area contributed by atoms with Crippen LogP contribution >= 0.6 is 0 Å². The Hall–Kier alpha value is -2.12. The van der Waals surface area contributed by atoms with Crippen molar-refractivity contribution in [1.29, 1.82) is 0 Å². The van der Waals surface area contributed by atoms with Crippen LogP contribution in [-0.4, -0.2) is 27.3 Å². The van der Waals surface area contributed by atoms with Gasteiger partial charge in [0.05, 0.1) is 11.5 Å². The van der Waals surface area contributed by atoms with Crippen molar-refractivity contribution in [3.8, 4) is 0 Å². The molecule has 0 radical (unpaired) electrons. The van der Waals surface area contributed by atoms with Crippen LogP contribution in [0.25, 0.3) is 0 Å². The van der Waals surface area contributed by atoms with Gasteiger partial charge in [-0.1, -0.05) is 20.8 Å². The van der Waals surface area contributed by atoms with E-state index in [-0.39, 0.29) is 30.4 Å². The molecule has 19 heavy (non-hydrogen) atoms. The molecule has 106 valence electrons. The van der Waals surface area contributed by atoms with E-state index in [1.165, 1.54) is 0 Å². The molecular weight excluding hydrogens is 252 g/mol. The summed E-state index contributed by atoms with van der Waals surface area (Å²) in [5.41, 5.74) is 5.15. The molecular formula is C11H18N4O4. The predicted octanol–water partition coefficient (Wildman–Crippen LogP) is 1.23. The van der Waals surface area contributed by atoms with Crippen LogP contribution in [0.2, 0.25) is 0 Å². The lowest BCUT2D eigenvalue weighted by atomic mass is 9.91. The Morgan fingerprint density at radius 2 is 2.11 bits per heavy atom. The summed E-state index contributed by atoms with van der Waals surface area (Å²) in [6.45, 7) is 7.03. The molecule has 8 heteroatoms. The average Bonchev–Trinajstić information content (AvgIpc) is 2.56. The van der Waals surface area contributed by atoms with Crippen LogP contribution in [0.15, 0.2) is 0 Å². The van der Waals surface area contributed by atoms with Crippen LogP contribution in [0.5, 0.6) is 0 Å². The first-order chi connectivity index (χ1) is 8.68. The van der Waals surface area contributed by atoms with Gasteiger partial charge in [0, 0.05) is 5.41 Å². The fourth-order valence-corrected chi connectivity index (χ4v) is 1.60. The Morgan fingerprint density at radius 1 is 1.53 bits per heavy atom. The van der Waals surface area contributed by atoms with Crippen LogP contribution in [0.1, 0.15) is 33.4 Å². The van der Waals surface area contributed by atoms with Crippen LogP contribution < -0.4 is 5.73 Å². The van der Waals surface area contributed by atoms with E-state index in [1.807, 2.05) is 0 Å². The summed E-state index contributed by atoms with van der Waals surface area (Å²) in [6, 6.07) is 0. The lowest BCUT2D eigenvalue weighted by Crippen LogP contribution is -2.18. The van der Waals surface area contributed by atoms with E-state index in [2.05, 4.69) is 5.10 Å². The second-order valence-electron chi connectivity index (χ2n) is 5.05. The molecule has 1 aromatic rings. The van der Waals surface area contributed by atoms with Crippen molar-refractivity contribution in [3.63, 3.8) is 0 Å². The van der Waals surface area contributed by atoms with E-state index in [1.54, 1.807) is 27.7 Å². The standard InChI is InChI=1S/C11H18N4O4/c1-5-19-7(16)6-14-10(12)8(15(17)18)9(13-14)11(2,3)4/h5-6,12H2,1-4H3. The van der Waals surface area contributed by atoms with Crippen molar-refractivity contribution < 1.29 is 14.5 Å². The highest BCUT2D eigenvalue weighted by Gasteiger charge is 2.34. The maximum atomic E-state index is 11.4. The SMILES string of the molecule is CCOC(=O)Cn1nc(C(C)(C)C)c([N+](=O)[O-])c1N. The molecule has 0 aromatic carbocycles. The van der Waals surface area contributed by atoms with Crippen LogP contribution in [-0.2, 0) is 21.5 Å². The molecule has 2 N–H and O–H groups in total. The minimum atomic E-state index is -0.579. The first-order valence-corrected chi connectivity index (χ1v) is 5.85. The van der Waals surface area contributed by atoms with Crippen molar-refractivity contribution in [1.82, 2.24) is 9.78 Å². The monoisotopic (exact) mass is 270 g/mol. The Kier molecular flexibility index (Phi) is 4.13. The van der Waals surface area contributed by atoms with Gasteiger partial charge in [0.15, 0.2) is 0 Å². The zero-order valence-electron chi connectivity index (χ0n) is 11.5. The number of hydrogen-bond acceptors (Lipinski definition) is 6. The number of hydrogen-bond donors (Lipinski definition) is 1. The summed E-state index contributed by atoms with van der Waals surface area (Å²) >= 11 is 0. The number of nitrogens with two attached hydrogens (primary N) is 1. The quantitative estimate of drug-likeness (QED) is 0.500. The Labute approximate surface area is 110 Å². The summed E-state index contributed by atoms with van der Waals surface area (Å²) in [5, 5.41) is 15.1. The van der Waals surface area contributed by atoms with E-state index in [4.69, 9.17) is 10.5 Å². The summed E-state index contributed by atoms with van der Waals surface area (Å²) in [6.07, 6.45) is 0. The van der Waals surface area contributed by atoms with Gasteiger partial charge in [0.2, 0.25) is 5.82 Å². The van der Waals surface area contributed by atoms with Crippen molar-refractivity contribution in [2.75, 3.05) is 12.3 Å². The Bertz CT molecular complexity index is 502. The average molecular weight is 270 g/mol. The van der Waals surface area contributed by atoms with Crippen molar-refractivity contribution in [3.05, 3.63) is 15.8 Å². The highest BCUT2D eigenvalue weighted by Crippen LogP contribution is 2.34. The number of carbonyl (C=O) groups is 1. The van der Waals surface area contributed by atoms with Crippen LogP contribution in [0.3, 0.4) is 0 Å². The van der Waals surface area contributed by atoms with Crippen molar-refractivity contribution in [2.24, 2.45) is 0 Å². The fraction of sp³-hybridized carbons (Fsp3) is 0.636. The predicted molar refractivity (Wildman–Crippen MR) is 68.6 cm³/mol. The molecule has 0 aliphatic heterocycles. The number of anilines is 1. The lowest BCUT2D eigenvalue weighted by Gasteiger charge is -2.13. The first-order valence-electron chi connectivity index (χ1n) is 5.85. The largest absolute Gasteiger partial charge is 0.465 e. The second-order valence-corrected chi connectivity index (χ2v) is 5.05. The topological polar surface area (TPSA) is 113 Å². The minimum absolute atomic E-state index is 0.136. The number of esters is 1. The van der Waals surface area contributed by atoms with Gasteiger partial charge in [-0.3, -0.25) is 14.9 Å². The van der Waals surface area contributed by atoms with Gasteiger partial charge in [-0.15, -0.1) is 0 Å². The molecule has 8 nitrogen and oxygen atoms in total. The molecule has 0 saturated carbocycles. The molecule has 0 fully saturated rings. The van der Waals surface area contributed by atoms with E-state index in [9.17, 15) is 14.9 Å². The van der Waals surface area contributed by atoms with E-state index in [0.29, 0.717) is 0 Å². The van der Waals surface area contributed by atoms with Crippen LogP contribution in [0, 0.1) is 10.1 Å². The van der Waals surface area contributed by atoms with Gasteiger partial charge < -0.3 is 10.5 Å². The van der Waals surface area contributed by atoms with Gasteiger partial charge in [0.1, 0.15) is 12.2 Å². The third-order valence-electron chi connectivity index (χ3n) is 2.44. The lowest BCUT2D eigenvalue weighted by molar-refractivity contribution is -0.385. The van der Waals surface area contributed by atoms with E-state index in [0.717, 1.165) is 4.68 Å². The first kappa shape index (κ1) is 14.9. The molecule has 0 aliphatic carbocycles. The summed E-state index contributed by atoms with van der Waals surface area (Å²) in [7, 11) is 0. The number of rotatable bonds is 4. The van der Waals surface area contributed by atoms with Crippen molar-refractivity contribution >= 4 is 17.5 Å². The van der Waals surface area contributed by atoms with Gasteiger partial charge >= 0.3 is 11.7 Å². The number of ether oxygens (including phenoxy) is 1. The van der Waals surface area contributed by atoms with Gasteiger partial charge in [-0.25, -0.2) is 4.68 Å². The smallest absolute Gasteiger partial charge is 0.334 e. The zero-order chi connectivity index (χ0) is 14.8. The van der Waals surface area contributed by atoms with E-state index < -0.39 is 16.3 Å². The van der Waals surface area contributed by atoms with Gasteiger partial charge in [-0.2, -0.15) is 5.10 Å². The normalized spacial score (nSPS) is 11.4. The molecule has 0 saturated heterocycles. The molecule has 1 rings (SSSR count). The second kappa shape index (κ2) is 5.25. The third-order valence-corrected chi connectivity index (χ3v) is 2.44. The fourth-order valence-electron chi connectivity index (χ4n) is 1.60.